The molecule has 0 radical (unpaired) electrons. The number of anilines is 1. The lowest BCUT2D eigenvalue weighted by Crippen LogP contribution is -2.38. The lowest BCUT2D eigenvalue weighted by Gasteiger charge is -2.24. The van der Waals surface area contributed by atoms with Crippen molar-refractivity contribution in [3.8, 4) is 0 Å². The van der Waals surface area contributed by atoms with Gasteiger partial charge >= 0.3 is 5.97 Å². The van der Waals surface area contributed by atoms with Crippen LogP contribution in [0.3, 0.4) is 0 Å². The second-order valence-electron chi connectivity index (χ2n) is 5.26. The van der Waals surface area contributed by atoms with Gasteiger partial charge in [-0.2, -0.15) is 0 Å². The van der Waals surface area contributed by atoms with Crippen molar-refractivity contribution < 1.29 is 14.3 Å². The molecule has 0 aliphatic carbocycles. The van der Waals surface area contributed by atoms with Crippen molar-refractivity contribution in [1.82, 2.24) is 0 Å². The summed E-state index contributed by atoms with van der Waals surface area (Å²) in [6.07, 6.45) is 0.443. The summed E-state index contributed by atoms with van der Waals surface area (Å²) in [4.78, 5) is 24.4. The molecule has 112 valence electrons. The van der Waals surface area contributed by atoms with Gasteiger partial charge in [0.05, 0.1) is 5.56 Å². The Balaban J connectivity index is 1.78. The standard InChI is InChI=1S/C18H17NO3/c1-2-12-7-4-6-10-15(12)19-17(20)16-11-13-8-3-5-9-14(13)18(21)22-16/h3-10,16H,2,11H2,1H3,(H,19,20)/t16-/m1/s1. The third-order valence-corrected chi connectivity index (χ3v) is 3.84. The number of carbonyl (C=O) groups excluding carboxylic acids is 2. The molecule has 1 N–H and O–H groups in total. The smallest absolute Gasteiger partial charge is 0.339 e. The number of fused-ring (bicyclic) bond motifs is 1. The van der Waals surface area contributed by atoms with Gasteiger partial charge in [-0.15, -0.1) is 0 Å². The molecule has 0 aromatic heterocycles. The number of nitrogens with one attached hydrogen (secondary N) is 1. The Labute approximate surface area is 129 Å². The third kappa shape index (κ3) is 2.72. The molecule has 4 nitrogen and oxygen atoms in total. The van der Waals surface area contributed by atoms with Crippen molar-refractivity contribution in [1.29, 1.82) is 0 Å². The van der Waals surface area contributed by atoms with Crippen molar-refractivity contribution in [2.75, 3.05) is 5.32 Å². The first kappa shape index (κ1) is 14.3. The van der Waals surface area contributed by atoms with Crippen molar-refractivity contribution in [3.05, 3.63) is 65.2 Å². The fraction of sp³-hybridized carbons (Fsp3) is 0.222. The molecule has 3 rings (SSSR count). The van der Waals surface area contributed by atoms with Crippen LogP contribution >= 0.6 is 0 Å². The van der Waals surface area contributed by atoms with Crippen LogP contribution in [0.4, 0.5) is 5.69 Å². The molecule has 4 heteroatoms. The van der Waals surface area contributed by atoms with Gasteiger partial charge in [0.2, 0.25) is 0 Å². The highest BCUT2D eigenvalue weighted by Gasteiger charge is 2.31. The lowest BCUT2D eigenvalue weighted by atomic mass is 9.98. The van der Waals surface area contributed by atoms with Crippen LogP contribution in [0.5, 0.6) is 0 Å². The molecule has 1 aliphatic heterocycles. The van der Waals surface area contributed by atoms with Gasteiger partial charge in [-0.05, 0) is 29.7 Å². The molecule has 0 saturated carbocycles. The molecule has 2 aromatic rings. The molecule has 0 fully saturated rings. The van der Waals surface area contributed by atoms with Gasteiger partial charge in [0.25, 0.3) is 5.91 Å². The van der Waals surface area contributed by atoms with Crippen molar-refractivity contribution >= 4 is 17.6 Å². The Hall–Kier alpha value is -2.62. The van der Waals surface area contributed by atoms with E-state index in [-0.39, 0.29) is 5.91 Å². The summed E-state index contributed by atoms with van der Waals surface area (Å²) >= 11 is 0. The molecule has 1 atom stereocenters. The van der Waals surface area contributed by atoms with E-state index in [0.29, 0.717) is 12.0 Å². The van der Waals surface area contributed by atoms with Crippen molar-refractivity contribution in [2.45, 2.75) is 25.9 Å². The van der Waals surface area contributed by atoms with Gasteiger partial charge in [0.1, 0.15) is 0 Å². The summed E-state index contributed by atoms with van der Waals surface area (Å²) in [5, 5.41) is 2.87. The number of hydrogen-bond acceptors (Lipinski definition) is 3. The van der Waals surface area contributed by atoms with Crippen LogP contribution in [-0.2, 0) is 22.4 Å². The molecule has 2 aromatic carbocycles. The monoisotopic (exact) mass is 295 g/mol. The van der Waals surface area contributed by atoms with E-state index < -0.39 is 12.1 Å². The summed E-state index contributed by atoms with van der Waals surface area (Å²) < 4.78 is 5.27. The van der Waals surface area contributed by atoms with Gasteiger partial charge in [-0.1, -0.05) is 43.3 Å². The predicted octanol–water partition coefficient (Wildman–Crippen LogP) is 2.97. The van der Waals surface area contributed by atoms with E-state index in [1.54, 1.807) is 12.1 Å². The van der Waals surface area contributed by atoms with E-state index in [9.17, 15) is 9.59 Å². The van der Waals surface area contributed by atoms with E-state index in [0.717, 1.165) is 23.2 Å². The first-order valence-electron chi connectivity index (χ1n) is 7.36. The molecule has 0 bridgehead atoms. The number of benzene rings is 2. The topological polar surface area (TPSA) is 55.4 Å². The zero-order chi connectivity index (χ0) is 15.5. The maximum Gasteiger partial charge on any atom is 0.339 e. The number of para-hydroxylation sites is 1. The third-order valence-electron chi connectivity index (χ3n) is 3.84. The zero-order valence-corrected chi connectivity index (χ0v) is 12.3. The molecule has 0 unspecified atom stereocenters. The fourth-order valence-corrected chi connectivity index (χ4v) is 2.64. The number of carbonyl (C=O) groups is 2. The molecule has 0 saturated heterocycles. The zero-order valence-electron chi connectivity index (χ0n) is 12.3. The number of amides is 1. The normalized spacial score (nSPS) is 16.6. The summed E-state index contributed by atoms with van der Waals surface area (Å²) in [5.41, 5.74) is 3.21. The van der Waals surface area contributed by atoms with Gasteiger partial charge in [0.15, 0.2) is 6.10 Å². The van der Waals surface area contributed by atoms with E-state index in [2.05, 4.69) is 5.32 Å². The average Bonchev–Trinajstić information content (AvgIpc) is 2.55. The van der Waals surface area contributed by atoms with Crippen LogP contribution in [0.1, 0.15) is 28.4 Å². The molecular formula is C18H17NO3. The van der Waals surface area contributed by atoms with E-state index >= 15 is 0 Å². The maximum atomic E-state index is 12.4. The first-order chi connectivity index (χ1) is 10.7. The quantitative estimate of drug-likeness (QED) is 0.886. The van der Waals surface area contributed by atoms with E-state index in [1.165, 1.54) is 0 Å². The van der Waals surface area contributed by atoms with Crippen LogP contribution in [-0.4, -0.2) is 18.0 Å². The Morgan fingerprint density at radius 3 is 2.73 bits per heavy atom. The second kappa shape index (κ2) is 6.02. The first-order valence-corrected chi connectivity index (χ1v) is 7.36. The SMILES string of the molecule is CCc1ccccc1NC(=O)[C@H]1Cc2ccccc2C(=O)O1. The minimum atomic E-state index is -0.785. The summed E-state index contributed by atoms with van der Waals surface area (Å²) in [6, 6.07) is 14.9. The summed E-state index contributed by atoms with van der Waals surface area (Å²) in [5.74, 6) is -0.727. The Morgan fingerprint density at radius 2 is 1.91 bits per heavy atom. The highest BCUT2D eigenvalue weighted by atomic mass is 16.5. The molecule has 22 heavy (non-hydrogen) atoms. The maximum absolute atomic E-state index is 12.4. The number of esters is 1. The van der Waals surface area contributed by atoms with Gasteiger partial charge in [0, 0.05) is 12.1 Å². The minimum absolute atomic E-state index is 0.288. The molecule has 1 amide bonds. The number of cyclic esters (lactones) is 1. The number of rotatable bonds is 3. The van der Waals surface area contributed by atoms with Crippen LogP contribution in [0.2, 0.25) is 0 Å². The highest BCUT2D eigenvalue weighted by molar-refractivity contribution is 6.00. The van der Waals surface area contributed by atoms with Gasteiger partial charge < -0.3 is 10.1 Å². The number of hydrogen-bond donors (Lipinski definition) is 1. The molecule has 1 heterocycles. The Kier molecular flexibility index (Phi) is 3.92. The second-order valence-corrected chi connectivity index (χ2v) is 5.26. The van der Waals surface area contributed by atoms with E-state index in [1.807, 2.05) is 43.3 Å². The largest absolute Gasteiger partial charge is 0.448 e. The minimum Gasteiger partial charge on any atom is -0.448 e. The number of ether oxygens (including phenoxy) is 1. The fourth-order valence-electron chi connectivity index (χ4n) is 2.64. The lowest BCUT2D eigenvalue weighted by molar-refractivity contribution is -0.125. The Bertz CT molecular complexity index is 724. The van der Waals surface area contributed by atoms with Gasteiger partial charge in [-0.25, -0.2) is 4.79 Å². The van der Waals surface area contributed by atoms with Crippen molar-refractivity contribution in [3.63, 3.8) is 0 Å². The van der Waals surface area contributed by atoms with Crippen LogP contribution in [0.25, 0.3) is 0 Å². The summed E-state index contributed by atoms with van der Waals surface area (Å²) in [6.45, 7) is 2.03. The van der Waals surface area contributed by atoms with Gasteiger partial charge in [-0.3, -0.25) is 4.79 Å². The van der Waals surface area contributed by atoms with Crippen LogP contribution in [0.15, 0.2) is 48.5 Å². The average molecular weight is 295 g/mol. The molecule has 1 aliphatic rings. The molecule has 0 spiro atoms. The predicted molar refractivity (Wildman–Crippen MR) is 83.8 cm³/mol. The van der Waals surface area contributed by atoms with Crippen LogP contribution in [0, 0.1) is 0 Å². The summed E-state index contributed by atoms with van der Waals surface area (Å²) in [7, 11) is 0. The highest BCUT2D eigenvalue weighted by Crippen LogP contribution is 2.22. The van der Waals surface area contributed by atoms with E-state index in [4.69, 9.17) is 4.74 Å². The molecular weight excluding hydrogens is 278 g/mol. The number of aryl methyl sites for hydroxylation is 1. The van der Waals surface area contributed by atoms with Crippen LogP contribution < -0.4 is 5.32 Å². The van der Waals surface area contributed by atoms with Crippen molar-refractivity contribution in [2.24, 2.45) is 0 Å². The Morgan fingerprint density at radius 1 is 1.18 bits per heavy atom.